The number of hydrogen-bond donors (Lipinski definition) is 7. The fourth-order valence-electron chi connectivity index (χ4n) is 1.78. The smallest absolute Gasteiger partial charge is 0.187 e. The van der Waals surface area contributed by atoms with Crippen molar-refractivity contribution in [3.05, 3.63) is 0 Å². The van der Waals surface area contributed by atoms with Crippen LogP contribution in [-0.4, -0.2) is 104 Å². The first-order valence-corrected chi connectivity index (χ1v) is 6.25. The third-order valence-electron chi connectivity index (χ3n) is 3.15. The lowest BCUT2D eigenvalue weighted by molar-refractivity contribution is -0.288. The molecule has 10 heteroatoms. The average molecular weight is 312 g/mol. The molecule has 0 aliphatic carbocycles. The van der Waals surface area contributed by atoms with Crippen molar-refractivity contribution in [3.8, 4) is 0 Å². The van der Waals surface area contributed by atoms with E-state index in [9.17, 15) is 35.4 Å². The zero-order valence-corrected chi connectivity index (χ0v) is 11.0. The van der Waals surface area contributed by atoms with Crippen LogP contribution in [-0.2, 0) is 14.3 Å². The first-order valence-electron chi connectivity index (χ1n) is 6.25. The van der Waals surface area contributed by atoms with Gasteiger partial charge in [0.25, 0.3) is 0 Å². The summed E-state index contributed by atoms with van der Waals surface area (Å²) < 4.78 is 9.81. The van der Waals surface area contributed by atoms with Crippen LogP contribution in [0.25, 0.3) is 0 Å². The van der Waals surface area contributed by atoms with E-state index in [1.807, 2.05) is 0 Å². The van der Waals surface area contributed by atoms with Gasteiger partial charge in [-0.05, 0) is 0 Å². The molecule has 10 nitrogen and oxygen atoms in total. The third kappa shape index (κ3) is 4.39. The minimum atomic E-state index is -1.90. The van der Waals surface area contributed by atoms with Crippen molar-refractivity contribution in [2.75, 3.05) is 13.2 Å². The first-order chi connectivity index (χ1) is 9.83. The fourth-order valence-corrected chi connectivity index (χ4v) is 1.78. The molecule has 0 aromatic rings. The molecular formula is C11H20O10. The molecule has 21 heavy (non-hydrogen) atoms. The Morgan fingerprint density at radius 1 is 1.14 bits per heavy atom. The van der Waals surface area contributed by atoms with Gasteiger partial charge in [0, 0.05) is 0 Å². The number of hydrogen-bond acceptors (Lipinski definition) is 10. The van der Waals surface area contributed by atoms with Crippen LogP contribution in [0.2, 0.25) is 0 Å². The molecule has 8 unspecified atom stereocenters. The highest BCUT2D eigenvalue weighted by atomic mass is 16.7. The van der Waals surface area contributed by atoms with E-state index in [1.165, 1.54) is 0 Å². The van der Waals surface area contributed by atoms with E-state index in [-0.39, 0.29) is 12.9 Å². The van der Waals surface area contributed by atoms with E-state index >= 15 is 0 Å². The summed E-state index contributed by atoms with van der Waals surface area (Å²) in [6.45, 7) is -1.22. The molecule has 0 aromatic carbocycles. The van der Waals surface area contributed by atoms with Gasteiger partial charge >= 0.3 is 0 Å². The second-order valence-corrected chi connectivity index (χ2v) is 4.72. The predicted molar refractivity (Wildman–Crippen MR) is 63.8 cm³/mol. The highest BCUT2D eigenvalue weighted by Crippen LogP contribution is 2.19. The summed E-state index contributed by atoms with van der Waals surface area (Å²) in [6, 6.07) is 0. The molecule has 0 aromatic heterocycles. The van der Waals surface area contributed by atoms with Crippen LogP contribution in [0.3, 0.4) is 0 Å². The van der Waals surface area contributed by atoms with Crippen LogP contribution in [0.5, 0.6) is 0 Å². The van der Waals surface area contributed by atoms with Crippen LogP contribution in [0.15, 0.2) is 0 Å². The van der Waals surface area contributed by atoms with Gasteiger partial charge in [-0.2, -0.15) is 0 Å². The van der Waals surface area contributed by atoms with E-state index in [0.29, 0.717) is 0 Å². The van der Waals surface area contributed by atoms with Gasteiger partial charge in [0.2, 0.25) is 0 Å². The number of carbonyl (C=O) groups excluding carboxylic acids is 1. The molecular weight excluding hydrogens is 292 g/mol. The molecule has 1 saturated heterocycles. The lowest BCUT2D eigenvalue weighted by atomic mass is 10.0. The van der Waals surface area contributed by atoms with Crippen LogP contribution < -0.4 is 0 Å². The van der Waals surface area contributed by atoms with Crippen LogP contribution in [0, 0.1) is 0 Å². The quantitative estimate of drug-likeness (QED) is 0.225. The molecule has 8 atom stereocenters. The van der Waals surface area contributed by atoms with Crippen molar-refractivity contribution in [2.24, 2.45) is 0 Å². The van der Waals surface area contributed by atoms with Crippen molar-refractivity contribution in [1.82, 2.24) is 0 Å². The fraction of sp³-hybridized carbons (Fsp3) is 0.909. The summed E-state index contributed by atoms with van der Waals surface area (Å²) in [4.78, 5) is 10.9. The molecule has 1 aliphatic heterocycles. The molecule has 1 fully saturated rings. The Morgan fingerprint density at radius 2 is 1.76 bits per heavy atom. The molecule has 0 bridgehead atoms. The molecule has 7 N–H and O–H groups in total. The summed E-state index contributed by atoms with van der Waals surface area (Å²) in [6.07, 6.45) is -13.2. The zero-order valence-electron chi connectivity index (χ0n) is 11.0. The normalized spacial score (nSPS) is 35.8. The van der Waals surface area contributed by atoms with E-state index < -0.39 is 55.6 Å². The van der Waals surface area contributed by atoms with Crippen LogP contribution in [0.1, 0.15) is 0 Å². The monoisotopic (exact) mass is 312 g/mol. The Kier molecular flexibility index (Phi) is 7.06. The summed E-state index contributed by atoms with van der Waals surface area (Å²) >= 11 is 0. The average Bonchev–Trinajstić information content (AvgIpc) is 2.49. The maximum absolute atomic E-state index is 10.9. The number of rotatable bonds is 7. The topological polar surface area (TPSA) is 177 Å². The molecule has 0 amide bonds. The Morgan fingerprint density at radius 3 is 2.29 bits per heavy atom. The van der Waals surface area contributed by atoms with Gasteiger partial charge in [0.15, 0.2) is 12.6 Å². The van der Waals surface area contributed by atoms with Crippen LogP contribution >= 0.6 is 0 Å². The van der Waals surface area contributed by atoms with Gasteiger partial charge in [0.1, 0.15) is 42.7 Å². The van der Waals surface area contributed by atoms with Gasteiger partial charge in [-0.15, -0.1) is 0 Å². The predicted octanol–water partition coefficient (Wildman–Crippen LogP) is -4.92. The van der Waals surface area contributed by atoms with Crippen molar-refractivity contribution in [1.29, 1.82) is 0 Å². The van der Waals surface area contributed by atoms with E-state index in [2.05, 4.69) is 0 Å². The Hall–Kier alpha value is -0.690. The van der Waals surface area contributed by atoms with Gasteiger partial charge in [-0.3, -0.25) is 0 Å². The summed E-state index contributed by atoms with van der Waals surface area (Å²) in [5, 5.41) is 65.3. The highest BCUT2D eigenvalue weighted by molar-refractivity contribution is 5.57. The molecule has 1 aliphatic rings. The number of aliphatic hydroxyl groups excluding tert-OH is 7. The molecule has 0 spiro atoms. The SMILES string of the molecule is O=CC(OC1OCC(O)C(O)C1O)C(O)C(O)C(O)CO. The van der Waals surface area contributed by atoms with E-state index in [1.54, 1.807) is 0 Å². The Balaban J connectivity index is 2.67. The molecule has 1 heterocycles. The lowest BCUT2D eigenvalue weighted by Gasteiger charge is -2.37. The zero-order chi connectivity index (χ0) is 16.2. The largest absolute Gasteiger partial charge is 0.394 e. The van der Waals surface area contributed by atoms with Crippen molar-refractivity contribution in [3.63, 3.8) is 0 Å². The molecule has 0 saturated carbocycles. The Bertz CT molecular complexity index is 326. The summed E-state index contributed by atoms with van der Waals surface area (Å²) in [5.74, 6) is 0. The lowest BCUT2D eigenvalue weighted by Crippen LogP contribution is -2.56. The minimum absolute atomic E-state index is 0.103. The highest BCUT2D eigenvalue weighted by Gasteiger charge is 2.41. The third-order valence-corrected chi connectivity index (χ3v) is 3.15. The molecule has 1 rings (SSSR count). The number of ether oxygens (including phenoxy) is 2. The van der Waals surface area contributed by atoms with Crippen LogP contribution in [0.4, 0.5) is 0 Å². The Labute approximate surface area is 119 Å². The van der Waals surface area contributed by atoms with E-state index in [4.69, 9.17) is 14.6 Å². The van der Waals surface area contributed by atoms with Crippen molar-refractivity contribution < 1.29 is 50.0 Å². The second-order valence-electron chi connectivity index (χ2n) is 4.72. The standard InChI is InChI=1S/C11H20O10/c12-1-4(14)7(16)9(18)6(2-13)21-11-10(19)8(17)5(15)3-20-11/h2,4-12,14-19H,1,3H2. The maximum Gasteiger partial charge on any atom is 0.187 e. The second kappa shape index (κ2) is 8.08. The van der Waals surface area contributed by atoms with E-state index in [0.717, 1.165) is 0 Å². The number of aldehydes is 1. The van der Waals surface area contributed by atoms with Crippen molar-refractivity contribution >= 4 is 6.29 Å². The van der Waals surface area contributed by atoms with Gasteiger partial charge in [-0.1, -0.05) is 0 Å². The minimum Gasteiger partial charge on any atom is -0.394 e. The van der Waals surface area contributed by atoms with Gasteiger partial charge in [0.05, 0.1) is 13.2 Å². The van der Waals surface area contributed by atoms with Crippen molar-refractivity contribution in [2.45, 2.75) is 49.0 Å². The molecule has 124 valence electrons. The maximum atomic E-state index is 10.9. The van der Waals surface area contributed by atoms with Gasteiger partial charge in [-0.25, -0.2) is 0 Å². The first kappa shape index (κ1) is 18.4. The summed E-state index contributed by atoms with van der Waals surface area (Å²) in [5.41, 5.74) is 0. The number of carbonyl (C=O) groups is 1. The number of aliphatic hydroxyl groups is 7. The summed E-state index contributed by atoms with van der Waals surface area (Å²) in [7, 11) is 0. The van der Waals surface area contributed by atoms with Gasteiger partial charge < -0.3 is 50.0 Å². The molecule has 0 radical (unpaired) electrons.